The summed E-state index contributed by atoms with van der Waals surface area (Å²) < 4.78 is 22.1. The van der Waals surface area contributed by atoms with E-state index in [4.69, 9.17) is 14.2 Å². The van der Waals surface area contributed by atoms with E-state index < -0.39 is 0 Å². The summed E-state index contributed by atoms with van der Waals surface area (Å²) in [5, 5.41) is 17.7. The number of hydrogen-bond donors (Lipinski definition) is 2. The van der Waals surface area contributed by atoms with Crippen molar-refractivity contribution in [2.75, 3.05) is 26.6 Å². The molecule has 0 amide bonds. The van der Waals surface area contributed by atoms with E-state index in [0.29, 0.717) is 35.1 Å². The Morgan fingerprint density at radius 3 is 2.44 bits per heavy atom. The molecule has 4 aromatic rings. The molecule has 2 N–H and O–H groups in total. The van der Waals surface area contributed by atoms with Gasteiger partial charge in [0.2, 0.25) is 5.75 Å². The monoisotopic (exact) mass is 466 g/mol. The molecule has 0 atom stereocenters. The number of aromatic nitrogens is 6. The molecule has 0 spiro atoms. The van der Waals surface area contributed by atoms with E-state index in [1.54, 1.807) is 33.9 Å². The minimum absolute atomic E-state index is 0.198. The highest BCUT2D eigenvalue weighted by molar-refractivity contribution is 5.59. The Labute approximate surface area is 196 Å². The van der Waals surface area contributed by atoms with Crippen LogP contribution in [0.2, 0.25) is 0 Å². The molecule has 0 bridgehead atoms. The van der Waals surface area contributed by atoms with Crippen LogP contribution in [0.3, 0.4) is 0 Å². The Bertz CT molecular complexity index is 1270. The quantitative estimate of drug-likeness (QED) is 0.400. The zero-order valence-electron chi connectivity index (χ0n) is 19.4. The molecule has 3 heterocycles. The first kappa shape index (κ1) is 22.0. The van der Waals surface area contributed by atoms with Crippen LogP contribution in [-0.4, -0.2) is 56.9 Å². The largest absolute Gasteiger partial charge is 0.493 e. The van der Waals surface area contributed by atoms with Crippen molar-refractivity contribution in [3.8, 4) is 22.9 Å². The van der Waals surface area contributed by atoms with Crippen molar-refractivity contribution in [3.63, 3.8) is 0 Å². The van der Waals surface area contributed by atoms with Gasteiger partial charge < -0.3 is 29.2 Å². The third-order valence-electron chi connectivity index (χ3n) is 6.17. The van der Waals surface area contributed by atoms with Crippen molar-refractivity contribution in [2.24, 2.45) is 0 Å². The van der Waals surface area contributed by atoms with Gasteiger partial charge in [-0.05, 0) is 25.7 Å². The number of hydrogen-bond acceptors (Lipinski definition) is 8. The van der Waals surface area contributed by atoms with Crippen LogP contribution in [-0.2, 0) is 0 Å². The Morgan fingerprint density at radius 1 is 1.03 bits per heavy atom. The minimum atomic E-state index is -0.198. The normalized spacial score (nSPS) is 18.1. The third-order valence-corrected chi connectivity index (χ3v) is 6.17. The molecule has 3 aromatic heterocycles. The molecular weight excluding hydrogens is 438 g/mol. The highest BCUT2D eigenvalue weighted by Crippen LogP contribution is 2.39. The lowest BCUT2D eigenvalue weighted by Crippen LogP contribution is -2.40. The second kappa shape index (κ2) is 9.18. The second-order valence-corrected chi connectivity index (χ2v) is 8.23. The molecule has 11 heteroatoms. The first-order valence-corrected chi connectivity index (χ1v) is 11.1. The number of nitrogens with one attached hydrogen (secondary N) is 1. The number of fused-ring (bicyclic) bond motifs is 1. The number of aliphatic hydroxyl groups is 1. The first-order valence-electron chi connectivity index (χ1n) is 11.1. The molecule has 0 unspecified atom stereocenters. The summed E-state index contributed by atoms with van der Waals surface area (Å²) >= 11 is 0. The van der Waals surface area contributed by atoms with Gasteiger partial charge in [-0.3, -0.25) is 0 Å². The number of benzene rings is 1. The SMILES string of the molecule is COc1cc(-n2cnc(Nc3ncc4ccn([C@H]5CC[C@H](O)CC5)[n+]4n3)c2)cc(OC)c1OC. The van der Waals surface area contributed by atoms with Gasteiger partial charge in [-0.15, -0.1) is 4.68 Å². The van der Waals surface area contributed by atoms with Crippen LogP contribution in [0.5, 0.6) is 17.2 Å². The molecule has 5 rings (SSSR count). The van der Waals surface area contributed by atoms with Gasteiger partial charge >= 0.3 is 0 Å². The van der Waals surface area contributed by atoms with E-state index in [1.165, 1.54) is 0 Å². The smallest absolute Gasteiger partial charge is 0.297 e. The van der Waals surface area contributed by atoms with Gasteiger partial charge in [0.05, 0.1) is 56.7 Å². The number of methoxy groups -OCH3 is 3. The van der Waals surface area contributed by atoms with Gasteiger partial charge in [0.25, 0.3) is 11.5 Å². The average Bonchev–Trinajstić information content (AvgIpc) is 3.50. The van der Waals surface area contributed by atoms with Crippen LogP contribution >= 0.6 is 0 Å². The molecule has 1 aliphatic rings. The first-order chi connectivity index (χ1) is 16.6. The van der Waals surface area contributed by atoms with Crippen molar-refractivity contribution < 1.29 is 23.9 Å². The highest BCUT2D eigenvalue weighted by atomic mass is 16.5. The summed E-state index contributed by atoms with van der Waals surface area (Å²) in [5.41, 5.74) is 1.70. The van der Waals surface area contributed by atoms with Crippen molar-refractivity contribution in [1.82, 2.24) is 24.3 Å². The molecule has 1 aromatic carbocycles. The fourth-order valence-corrected chi connectivity index (χ4v) is 4.38. The van der Waals surface area contributed by atoms with Crippen LogP contribution < -0.4 is 24.2 Å². The van der Waals surface area contributed by atoms with Crippen LogP contribution in [0.15, 0.2) is 43.1 Å². The van der Waals surface area contributed by atoms with Crippen LogP contribution in [0, 0.1) is 0 Å². The van der Waals surface area contributed by atoms with Crippen molar-refractivity contribution in [1.29, 1.82) is 0 Å². The van der Waals surface area contributed by atoms with Gasteiger partial charge in [0.15, 0.2) is 17.3 Å². The van der Waals surface area contributed by atoms with Gasteiger partial charge in [-0.25, -0.2) is 9.97 Å². The lowest BCUT2D eigenvalue weighted by molar-refractivity contribution is -0.673. The van der Waals surface area contributed by atoms with Crippen molar-refractivity contribution in [2.45, 2.75) is 37.8 Å². The summed E-state index contributed by atoms with van der Waals surface area (Å²) in [6, 6.07) is 5.99. The number of ether oxygens (including phenoxy) is 3. The fourth-order valence-electron chi connectivity index (χ4n) is 4.38. The molecule has 34 heavy (non-hydrogen) atoms. The Morgan fingerprint density at radius 2 is 1.76 bits per heavy atom. The van der Waals surface area contributed by atoms with E-state index in [1.807, 2.05) is 39.8 Å². The van der Waals surface area contributed by atoms with Crippen LogP contribution in [0.1, 0.15) is 31.7 Å². The third kappa shape index (κ3) is 4.10. The number of anilines is 2. The summed E-state index contributed by atoms with van der Waals surface area (Å²) in [5.74, 6) is 2.67. The van der Waals surface area contributed by atoms with Gasteiger partial charge in [-0.1, -0.05) is 0 Å². The lowest BCUT2D eigenvalue weighted by Gasteiger charge is -2.23. The molecule has 0 aliphatic heterocycles. The van der Waals surface area contributed by atoms with Crippen LogP contribution in [0.4, 0.5) is 11.8 Å². The topological polar surface area (TPSA) is 113 Å². The van der Waals surface area contributed by atoms with E-state index in [-0.39, 0.29) is 6.10 Å². The Hall–Kier alpha value is -3.86. The maximum Gasteiger partial charge on any atom is 0.297 e. The van der Waals surface area contributed by atoms with Gasteiger partial charge in [-0.2, -0.15) is 0 Å². The van der Waals surface area contributed by atoms with E-state index in [2.05, 4.69) is 25.1 Å². The van der Waals surface area contributed by atoms with E-state index in [0.717, 1.165) is 36.9 Å². The molecular formula is C23H28N7O4+. The second-order valence-electron chi connectivity index (χ2n) is 8.23. The minimum Gasteiger partial charge on any atom is -0.493 e. The summed E-state index contributed by atoms with van der Waals surface area (Å²) in [7, 11) is 4.74. The molecule has 1 saturated carbocycles. The van der Waals surface area contributed by atoms with E-state index in [9.17, 15) is 5.11 Å². The van der Waals surface area contributed by atoms with Crippen molar-refractivity contribution >= 4 is 17.3 Å². The molecule has 1 aliphatic carbocycles. The van der Waals surface area contributed by atoms with E-state index >= 15 is 0 Å². The fraction of sp³-hybridized carbons (Fsp3) is 0.391. The van der Waals surface area contributed by atoms with Gasteiger partial charge in [0, 0.05) is 22.8 Å². The Balaban J connectivity index is 1.40. The summed E-state index contributed by atoms with van der Waals surface area (Å²) in [6.45, 7) is 0. The molecule has 0 radical (unpaired) electrons. The maximum atomic E-state index is 9.83. The Kier molecular flexibility index (Phi) is 5.93. The zero-order chi connectivity index (χ0) is 23.7. The lowest BCUT2D eigenvalue weighted by atomic mass is 9.93. The molecule has 1 fully saturated rings. The predicted molar refractivity (Wildman–Crippen MR) is 123 cm³/mol. The number of rotatable bonds is 7. The number of imidazole rings is 1. The molecule has 0 saturated heterocycles. The zero-order valence-corrected chi connectivity index (χ0v) is 19.4. The standard InChI is InChI=1S/C23H28N7O4/c1-32-19-10-17(11-20(33-2)22(19)34-3)28-13-21(25-14-28)26-23-24-12-16-8-9-29(30(16)27-23)15-4-6-18(31)7-5-15/h8-15,18,31H,4-7H2,1-3H3,(H,24,26,27)/q+1/t15-,18-. The molecule has 178 valence electrons. The predicted octanol–water partition coefficient (Wildman–Crippen LogP) is 2.45. The number of aliphatic hydroxyl groups excluding tert-OH is 1. The van der Waals surface area contributed by atoms with Crippen LogP contribution in [0.25, 0.3) is 11.2 Å². The molecule has 11 nitrogen and oxygen atoms in total. The highest BCUT2D eigenvalue weighted by Gasteiger charge is 2.27. The van der Waals surface area contributed by atoms with Gasteiger partial charge in [0.1, 0.15) is 12.5 Å². The summed E-state index contributed by atoms with van der Waals surface area (Å²) in [4.78, 5) is 8.87. The average molecular weight is 467 g/mol. The van der Waals surface area contributed by atoms with Crippen molar-refractivity contribution in [3.05, 3.63) is 43.1 Å². The summed E-state index contributed by atoms with van der Waals surface area (Å²) in [6.07, 6.45) is 10.6. The number of nitrogens with zero attached hydrogens (tertiary/aromatic N) is 6. The maximum absolute atomic E-state index is 9.83.